The first-order chi connectivity index (χ1) is 30.4. The topological polar surface area (TPSA) is 74.3 Å². The van der Waals surface area contributed by atoms with Crippen molar-refractivity contribution in [1.29, 1.82) is 0 Å². The molecule has 7 nitrogen and oxygen atoms in total. The van der Waals surface area contributed by atoms with E-state index in [1.165, 1.54) is 103 Å². The summed E-state index contributed by atoms with van der Waals surface area (Å²) in [6.07, 6.45) is 54.0. The lowest BCUT2D eigenvalue weighted by Crippen LogP contribution is -2.29. The van der Waals surface area contributed by atoms with E-state index in [1.54, 1.807) is 0 Å². The fourth-order valence-corrected chi connectivity index (χ4v) is 7.97. The number of allylic oxidation sites excluding steroid dienone is 10. The molecule has 4 unspecified atom stereocenters. The normalized spacial score (nSPS) is 17.6. The Kier molecular flexibility index (Phi) is 40.6. The number of ether oxygens (including phenoxy) is 4. The van der Waals surface area contributed by atoms with Gasteiger partial charge in [-0.2, -0.15) is 0 Å². The Morgan fingerprint density at radius 3 is 1.76 bits per heavy atom. The maximum absolute atomic E-state index is 13.3. The van der Waals surface area contributed by atoms with E-state index in [-0.39, 0.29) is 42.6 Å². The van der Waals surface area contributed by atoms with E-state index in [4.69, 9.17) is 18.9 Å². The van der Waals surface area contributed by atoms with Gasteiger partial charge >= 0.3 is 11.9 Å². The molecular weight excluding hydrogens is 771 g/mol. The molecule has 0 heterocycles. The molecule has 0 bridgehead atoms. The number of rotatable bonds is 43. The Labute approximate surface area is 383 Å². The van der Waals surface area contributed by atoms with Gasteiger partial charge in [-0.1, -0.05) is 152 Å². The highest BCUT2D eigenvalue weighted by molar-refractivity contribution is 5.70. The molecule has 1 fully saturated rings. The van der Waals surface area contributed by atoms with Crippen molar-refractivity contribution in [3.63, 3.8) is 0 Å². The SMILES string of the molecule is CC/C=C\CC1C(CC(=O)OCC(CCOCCCCCCCC/C=C\C/C=C\CCCC)OCCCCCCC/C=C\C/C=C\CCCCC)CCC1OC(=O)CCN(C)C. The van der Waals surface area contributed by atoms with Crippen molar-refractivity contribution >= 4 is 11.9 Å². The summed E-state index contributed by atoms with van der Waals surface area (Å²) in [5, 5.41) is 0. The number of nitrogens with zero attached hydrogens (tertiary/aromatic N) is 1. The second kappa shape index (κ2) is 43.8. The molecular formula is C55H97NO6. The number of carbonyl (C=O) groups is 2. The molecule has 0 aromatic carbocycles. The Morgan fingerprint density at radius 1 is 0.597 bits per heavy atom. The molecule has 0 amide bonds. The zero-order valence-electron chi connectivity index (χ0n) is 41.0. The second-order valence-electron chi connectivity index (χ2n) is 17.9. The van der Waals surface area contributed by atoms with Crippen LogP contribution in [0.1, 0.15) is 207 Å². The summed E-state index contributed by atoms with van der Waals surface area (Å²) in [6.45, 7) is 9.59. The van der Waals surface area contributed by atoms with Crippen molar-refractivity contribution in [3.05, 3.63) is 60.8 Å². The molecule has 0 N–H and O–H groups in total. The molecule has 0 saturated heterocycles. The zero-order valence-corrected chi connectivity index (χ0v) is 41.0. The van der Waals surface area contributed by atoms with Crippen LogP contribution in [0.4, 0.5) is 0 Å². The minimum absolute atomic E-state index is 0.127. The van der Waals surface area contributed by atoms with Crippen molar-refractivity contribution in [1.82, 2.24) is 4.90 Å². The highest BCUT2D eigenvalue weighted by Crippen LogP contribution is 2.39. The maximum atomic E-state index is 13.3. The Hall–Kier alpha value is -2.48. The van der Waals surface area contributed by atoms with Crippen LogP contribution in [-0.4, -0.2) is 76.1 Å². The van der Waals surface area contributed by atoms with Crippen molar-refractivity contribution < 1.29 is 28.5 Å². The van der Waals surface area contributed by atoms with Gasteiger partial charge in [-0.25, -0.2) is 0 Å². The van der Waals surface area contributed by atoms with Gasteiger partial charge < -0.3 is 23.8 Å². The molecule has 0 aromatic heterocycles. The summed E-state index contributed by atoms with van der Waals surface area (Å²) in [5.41, 5.74) is 0. The van der Waals surface area contributed by atoms with E-state index in [1.807, 2.05) is 19.0 Å². The number of esters is 2. The first-order valence-electron chi connectivity index (χ1n) is 25.8. The van der Waals surface area contributed by atoms with Crippen LogP contribution in [0.15, 0.2) is 60.8 Å². The second-order valence-corrected chi connectivity index (χ2v) is 17.9. The molecule has 0 spiro atoms. The van der Waals surface area contributed by atoms with Crippen molar-refractivity contribution in [2.24, 2.45) is 11.8 Å². The molecule has 0 aromatic rings. The molecule has 62 heavy (non-hydrogen) atoms. The van der Waals surface area contributed by atoms with Crippen LogP contribution in [0.2, 0.25) is 0 Å². The zero-order chi connectivity index (χ0) is 45.0. The highest BCUT2D eigenvalue weighted by atomic mass is 16.6. The minimum atomic E-state index is -0.184. The van der Waals surface area contributed by atoms with Crippen molar-refractivity contribution in [2.75, 3.05) is 47.1 Å². The van der Waals surface area contributed by atoms with Crippen LogP contribution in [0, 0.1) is 11.8 Å². The van der Waals surface area contributed by atoms with Gasteiger partial charge in [-0.15, -0.1) is 0 Å². The van der Waals surface area contributed by atoms with Gasteiger partial charge in [0, 0.05) is 45.1 Å². The lowest BCUT2D eigenvalue weighted by Gasteiger charge is -2.24. The predicted molar refractivity (Wildman–Crippen MR) is 264 cm³/mol. The number of unbranched alkanes of at least 4 members (excludes halogenated alkanes) is 16. The van der Waals surface area contributed by atoms with Gasteiger partial charge in [-0.05, 0) is 116 Å². The van der Waals surface area contributed by atoms with Crippen LogP contribution in [0.3, 0.4) is 0 Å². The molecule has 4 atom stereocenters. The predicted octanol–water partition coefficient (Wildman–Crippen LogP) is 14.8. The first kappa shape index (κ1) is 57.5. The highest BCUT2D eigenvalue weighted by Gasteiger charge is 2.39. The molecule has 0 radical (unpaired) electrons. The Morgan fingerprint density at radius 2 is 1.16 bits per heavy atom. The van der Waals surface area contributed by atoms with Crippen LogP contribution >= 0.6 is 0 Å². The average molecular weight is 868 g/mol. The van der Waals surface area contributed by atoms with E-state index >= 15 is 0 Å². The largest absolute Gasteiger partial charge is 0.463 e. The van der Waals surface area contributed by atoms with Gasteiger partial charge in [0.25, 0.3) is 0 Å². The van der Waals surface area contributed by atoms with E-state index in [0.29, 0.717) is 39.0 Å². The number of carbonyl (C=O) groups excluding carboxylic acids is 2. The van der Waals surface area contributed by atoms with E-state index in [9.17, 15) is 9.59 Å². The van der Waals surface area contributed by atoms with Crippen LogP contribution in [0.5, 0.6) is 0 Å². The fourth-order valence-electron chi connectivity index (χ4n) is 7.97. The summed E-state index contributed by atoms with van der Waals surface area (Å²) in [6, 6.07) is 0. The summed E-state index contributed by atoms with van der Waals surface area (Å²) >= 11 is 0. The van der Waals surface area contributed by atoms with Crippen LogP contribution < -0.4 is 0 Å². The van der Waals surface area contributed by atoms with Crippen LogP contribution in [-0.2, 0) is 28.5 Å². The maximum Gasteiger partial charge on any atom is 0.307 e. The molecule has 1 aliphatic carbocycles. The third kappa shape index (κ3) is 35.9. The third-order valence-corrected chi connectivity index (χ3v) is 11.9. The standard InChI is InChI=1S/C55H97NO6/c1-6-9-12-14-16-18-20-22-24-26-28-30-32-34-37-45-59-47-43-51(60-46-38-35-33-31-29-27-25-23-21-19-17-15-13-10-7-2)49-61-55(58)48-50-40-41-53(52(50)39-36-11-8-3)62-54(57)42-44-56(4)5/h11,14,16-17,19-20,22-23,25,36,50-53H,6-10,12-13,15,18,21,24,26-35,37-49H2,1-5H3/b16-14-,19-17-,22-20-,25-23-,36-11-. The lowest BCUT2D eigenvalue weighted by atomic mass is 9.88. The smallest absolute Gasteiger partial charge is 0.307 e. The third-order valence-electron chi connectivity index (χ3n) is 11.9. The van der Waals surface area contributed by atoms with Crippen molar-refractivity contribution in [3.8, 4) is 0 Å². The van der Waals surface area contributed by atoms with Gasteiger partial charge in [-0.3, -0.25) is 9.59 Å². The molecule has 1 rings (SSSR count). The van der Waals surface area contributed by atoms with E-state index in [0.717, 1.165) is 70.8 Å². The molecule has 7 heteroatoms. The summed E-state index contributed by atoms with van der Waals surface area (Å²) in [4.78, 5) is 27.9. The first-order valence-corrected chi connectivity index (χ1v) is 25.8. The Bertz CT molecular complexity index is 1170. The van der Waals surface area contributed by atoms with Gasteiger partial charge in [0.15, 0.2) is 0 Å². The van der Waals surface area contributed by atoms with E-state index < -0.39 is 0 Å². The summed E-state index contributed by atoms with van der Waals surface area (Å²) in [7, 11) is 3.92. The lowest BCUT2D eigenvalue weighted by molar-refractivity contribution is -0.152. The minimum Gasteiger partial charge on any atom is -0.463 e. The van der Waals surface area contributed by atoms with E-state index in [2.05, 4.69) is 81.5 Å². The molecule has 0 aliphatic heterocycles. The summed E-state index contributed by atoms with van der Waals surface area (Å²) in [5.74, 6) is -0.0763. The van der Waals surface area contributed by atoms with Crippen molar-refractivity contribution in [2.45, 2.75) is 219 Å². The molecule has 1 saturated carbocycles. The average Bonchev–Trinajstić information content (AvgIpc) is 3.63. The fraction of sp³-hybridized carbons (Fsp3) is 0.782. The van der Waals surface area contributed by atoms with Gasteiger partial charge in [0.05, 0.1) is 12.5 Å². The monoisotopic (exact) mass is 868 g/mol. The van der Waals surface area contributed by atoms with Gasteiger partial charge in [0.1, 0.15) is 12.7 Å². The molecule has 1 aliphatic rings. The molecule has 358 valence electrons. The quantitative estimate of drug-likeness (QED) is 0.0343. The number of hydrogen-bond donors (Lipinski definition) is 0. The van der Waals surface area contributed by atoms with Crippen LogP contribution in [0.25, 0.3) is 0 Å². The number of hydrogen-bond acceptors (Lipinski definition) is 7. The van der Waals surface area contributed by atoms with Gasteiger partial charge in [0.2, 0.25) is 0 Å². The summed E-state index contributed by atoms with van der Waals surface area (Å²) < 4.78 is 24.3. The Balaban J connectivity index is 2.47.